The molecule has 112 valence electrons. The number of nitrogens with zero attached hydrogens (tertiary/aromatic N) is 2. The summed E-state index contributed by atoms with van der Waals surface area (Å²) in [6.07, 6.45) is 2.47. The lowest BCUT2D eigenvalue weighted by atomic mass is 9.97. The largest absolute Gasteiger partial charge is 0.378 e. The summed E-state index contributed by atoms with van der Waals surface area (Å²) in [5, 5.41) is 9.30. The highest BCUT2D eigenvalue weighted by Gasteiger charge is 2.28. The Bertz CT molecular complexity index is 487. The van der Waals surface area contributed by atoms with Gasteiger partial charge in [-0.2, -0.15) is 5.26 Å². The van der Waals surface area contributed by atoms with Gasteiger partial charge in [-0.05, 0) is 31.7 Å². The van der Waals surface area contributed by atoms with Crippen LogP contribution in [0.1, 0.15) is 25.3 Å². The number of ether oxygens (including phenoxy) is 1. The van der Waals surface area contributed by atoms with E-state index in [4.69, 9.17) is 4.74 Å². The first-order valence-electron chi connectivity index (χ1n) is 7.58. The van der Waals surface area contributed by atoms with E-state index in [0.29, 0.717) is 26.1 Å². The van der Waals surface area contributed by atoms with Crippen molar-refractivity contribution in [1.82, 2.24) is 4.90 Å². The van der Waals surface area contributed by atoms with Gasteiger partial charge in [-0.25, -0.2) is 0 Å². The van der Waals surface area contributed by atoms with Gasteiger partial charge in [-0.1, -0.05) is 30.3 Å². The molecule has 4 nitrogen and oxygen atoms in total. The third-order valence-electron chi connectivity index (χ3n) is 3.89. The number of likely N-dealkylation sites (tertiary alicyclic amines) is 1. The van der Waals surface area contributed by atoms with Crippen LogP contribution in [-0.4, -0.2) is 36.6 Å². The Hall–Kier alpha value is -1.86. The second kappa shape index (κ2) is 7.80. The predicted molar refractivity (Wildman–Crippen MR) is 80.5 cm³/mol. The molecule has 1 aliphatic heterocycles. The van der Waals surface area contributed by atoms with E-state index in [1.807, 2.05) is 42.2 Å². The average Bonchev–Trinajstić information content (AvgIpc) is 2.54. The Morgan fingerprint density at radius 1 is 1.38 bits per heavy atom. The molecule has 1 unspecified atom stereocenters. The number of carbonyl (C=O) groups excluding carboxylic acids is 1. The summed E-state index contributed by atoms with van der Waals surface area (Å²) in [5.41, 5.74) is 1.03. The predicted octanol–water partition coefficient (Wildman–Crippen LogP) is 2.40. The molecule has 1 aromatic carbocycles. The van der Waals surface area contributed by atoms with Gasteiger partial charge in [0.1, 0.15) is 5.92 Å². The number of amides is 1. The van der Waals surface area contributed by atoms with Gasteiger partial charge in [0.25, 0.3) is 0 Å². The van der Waals surface area contributed by atoms with Crippen molar-refractivity contribution >= 4 is 5.91 Å². The summed E-state index contributed by atoms with van der Waals surface area (Å²) < 4.78 is 5.59. The molecule has 0 spiro atoms. The Labute approximate surface area is 126 Å². The number of piperidine rings is 1. The van der Waals surface area contributed by atoms with Crippen molar-refractivity contribution < 1.29 is 9.53 Å². The maximum absolute atomic E-state index is 12.5. The van der Waals surface area contributed by atoms with Crippen molar-refractivity contribution in [3.05, 3.63) is 35.9 Å². The first-order chi connectivity index (χ1) is 10.2. The number of carbonyl (C=O) groups is 1. The van der Waals surface area contributed by atoms with E-state index in [2.05, 4.69) is 6.07 Å². The molecular weight excluding hydrogens is 264 g/mol. The van der Waals surface area contributed by atoms with Crippen LogP contribution < -0.4 is 0 Å². The van der Waals surface area contributed by atoms with Crippen LogP contribution >= 0.6 is 0 Å². The Morgan fingerprint density at radius 2 is 2.05 bits per heavy atom. The standard InChI is InChI=1S/C17H22N2O2/c1-2-21-16-8-10-19(11-9-16)17(20)15(13-18)12-14-6-4-3-5-7-14/h3-7,15-16H,2,8-12H2,1H3. The first-order valence-corrected chi connectivity index (χ1v) is 7.58. The van der Waals surface area contributed by atoms with Crippen LogP contribution in [0.25, 0.3) is 0 Å². The Kier molecular flexibility index (Phi) is 5.77. The minimum absolute atomic E-state index is 0.0451. The number of hydrogen-bond donors (Lipinski definition) is 0. The molecule has 0 aliphatic carbocycles. The molecule has 4 heteroatoms. The fourth-order valence-electron chi connectivity index (χ4n) is 2.74. The molecule has 1 aromatic rings. The quantitative estimate of drug-likeness (QED) is 0.835. The van der Waals surface area contributed by atoms with Crippen molar-refractivity contribution in [2.24, 2.45) is 5.92 Å². The molecule has 1 saturated heterocycles. The number of nitriles is 1. The van der Waals surface area contributed by atoms with Gasteiger partial charge >= 0.3 is 0 Å². The van der Waals surface area contributed by atoms with Gasteiger partial charge in [-0.15, -0.1) is 0 Å². The van der Waals surface area contributed by atoms with Crippen molar-refractivity contribution in [3.8, 4) is 6.07 Å². The highest BCUT2D eigenvalue weighted by molar-refractivity contribution is 5.81. The normalized spacial score (nSPS) is 17.2. The number of hydrogen-bond acceptors (Lipinski definition) is 3. The fraction of sp³-hybridized carbons (Fsp3) is 0.529. The molecule has 0 saturated carbocycles. The molecular formula is C17H22N2O2. The second-order valence-corrected chi connectivity index (χ2v) is 5.35. The second-order valence-electron chi connectivity index (χ2n) is 5.35. The van der Waals surface area contributed by atoms with Crippen LogP contribution in [0.15, 0.2) is 30.3 Å². The third-order valence-corrected chi connectivity index (χ3v) is 3.89. The number of rotatable bonds is 5. The fourth-order valence-corrected chi connectivity index (χ4v) is 2.74. The summed E-state index contributed by atoms with van der Waals surface area (Å²) >= 11 is 0. The van der Waals surface area contributed by atoms with E-state index in [1.54, 1.807) is 0 Å². The summed E-state index contributed by atoms with van der Waals surface area (Å²) in [7, 11) is 0. The molecule has 0 radical (unpaired) electrons. The lowest BCUT2D eigenvalue weighted by molar-refractivity contribution is -0.136. The molecule has 1 heterocycles. The Morgan fingerprint density at radius 3 is 2.62 bits per heavy atom. The lowest BCUT2D eigenvalue weighted by Crippen LogP contribution is -2.43. The zero-order valence-corrected chi connectivity index (χ0v) is 12.5. The summed E-state index contributed by atoms with van der Waals surface area (Å²) in [5.74, 6) is -0.632. The van der Waals surface area contributed by atoms with Crippen molar-refractivity contribution in [3.63, 3.8) is 0 Å². The van der Waals surface area contributed by atoms with Gasteiger partial charge in [0.15, 0.2) is 0 Å². The number of benzene rings is 1. The van der Waals surface area contributed by atoms with Crippen LogP contribution in [0.2, 0.25) is 0 Å². The van der Waals surface area contributed by atoms with Crippen LogP contribution in [0.5, 0.6) is 0 Å². The van der Waals surface area contributed by atoms with Gasteiger partial charge < -0.3 is 9.64 Å². The van der Waals surface area contributed by atoms with Gasteiger partial charge in [-0.3, -0.25) is 4.79 Å². The molecule has 0 bridgehead atoms. The van der Waals surface area contributed by atoms with Crippen molar-refractivity contribution in [2.75, 3.05) is 19.7 Å². The van der Waals surface area contributed by atoms with E-state index in [1.165, 1.54) is 0 Å². The van der Waals surface area contributed by atoms with Crippen molar-refractivity contribution in [2.45, 2.75) is 32.3 Å². The Balaban J connectivity index is 1.91. The molecule has 2 rings (SSSR count). The maximum atomic E-state index is 12.5. The van der Waals surface area contributed by atoms with E-state index in [0.717, 1.165) is 18.4 Å². The first kappa shape index (κ1) is 15.5. The molecule has 0 aromatic heterocycles. The topological polar surface area (TPSA) is 53.3 Å². The summed E-state index contributed by atoms with van der Waals surface area (Å²) in [6, 6.07) is 11.9. The molecule has 21 heavy (non-hydrogen) atoms. The zero-order chi connectivity index (χ0) is 15.1. The van der Waals surface area contributed by atoms with Crippen LogP contribution in [0, 0.1) is 17.2 Å². The van der Waals surface area contributed by atoms with Crippen LogP contribution in [-0.2, 0) is 16.0 Å². The van der Waals surface area contributed by atoms with Gasteiger partial charge in [0.05, 0.1) is 12.2 Å². The highest BCUT2D eigenvalue weighted by atomic mass is 16.5. The van der Waals surface area contributed by atoms with Gasteiger partial charge in [0.2, 0.25) is 5.91 Å². The minimum Gasteiger partial charge on any atom is -0.378 e. The third kappa shape index (κ3) is 4.30. The molecule has 0 N–H and O–H groups in total. The van der Waals surface area contributed by atoms with E-state index >= 15 is 0 Å². The minimum atomic E-state index is -0.587. The highest BCUT2D eigenvalue weighted by Crippen LogP contribution is 2.18. The summed E-state index contributed by atoms with van der Waals surface area (Å²) in [6.45, 7) is 4.09. The zero-order valence-electron chi connectivity index (χ0n) is 12.5. The van der Waals surface area contributed by atoms with Crippen LogP contribution in [0.3, 0.4) is 0 Å². The molecule has 1 fully saturated rings. The summed E-state index contributed by atoms with van der Waals surface area (Å²) in [4.78, 5) is 14.3. The monoisotopic (exact) mass is 286 g/mol. The molecule has 1 aliphatic rings. The SMILES string of the molecule is CCOC1CCN(C(=O)C(C#N)Cc2ccccc2)CC1. The van der Waals surface area contributed by atoms with Gasteiger partial charge in [0, 0.05) is 19.7 Å². The average molecular weight is 286 g/mol. The molecule has 1 atom stereocenters. The van der Waals surface area contributed by atoms with E-state index < -0.39 is 5.92 Å². The smallest absolute Gasteiger partial charge is 0.240 e. The van der Waals surface area contributed by atoms with Crippen LogP contribution in [0.4, 0.5) is 0 Å². The lowest BCUT2D eigenvalue weighted by Gasteiger charge is -2.32. The maximum Gasteiger partial charge on any atom is 0.240 e. The van der Waals surface area contributed by atoms with E-state index in [9.17, 15) is 10.1 Å². The molecule has 1 amide bonds. The van der Waals surface area contributed by atoms with Crippen molar-refractivity contribution in [1.29, 1.82) is 5.26 Å². The van der Waals surface area contributed by atoms with E-state index in [-0.39, 0.29) is 12.0 Å².